The molecule has 1 aliphatic heterocycles. The van der Waals surface area contributed by atoms with Gasteiger partial charge in [0.2, 0.25) is 5.91 Å². The van der Waals surface area contributed by atoms with Crippen LogP contribution in [0.1, 0.15) is 18.4 Å². The molecule has 0 radical (unpaired) electrons. The summed E-state index contributed by atoms with van der Waals surface area (Å²) in [6.07, 6.45) is 1.60. The summed E-state index contributed by atoms with van der Waals surface area (Å²) in [5, 5.41) is 31.8. The molecule has 4 N–H and O–H groups in total. The van der Waals surface area contributed by atoms with Crippen LogP contribution in [0.4, 0.5) is 10.8 Å². The van der Waals surface area contributed by atoms with Gasteiger partial charge >= 0.3 is 0 Å². The van der Waals surface area contributed by atoms with Gasteiger partial charge in [0.15, 0.2) is 16.6 Å². The van der Waals surface area contributed by atoms with Gasteiger partial charge in [-0.05, 0) is 36.8 Å². The minimum Gasteiger partial charge on any atom is -0.504 e. The summed E-state index contributed by atoms with van der Waals surface area (Å²) in [6.45, 7) is 1.74. The van der Waals surface area contributed by atoms with Crippen molar-refractivity contribution in [2.24, 2.45) is 0 Å². The van der Waals surface area contributed by atoms with Crippen LogP contribution in [0.25, 0.3) is 0 Å². The number of para-hydroxylation sites is 1. The molecule has 0 spiro atoms. The summed E-state index contributed by atoms with van der Waals surface area (Å²) >= 11 is 2.47. The van der Waals surface area contributed by atoms with Crippen molar-refractivity contribution in [3.63, 3.8) is 0 Å². The quantitative estimate of drug-likeness (QED) is 0.331. The fourth-order valence-corrected chi connectivity index (χ4v) is 5.27. The highest BCUT2D eigenvalue weighted by atomic mass is 32.2. The minimum absolute atomic E-state index is 0.0253. The number of benzene rings is 2. The molecule has 0 fully saturated rings. The fraction of sp³-hybridized carbons (Fsp3) is 0.154. The zero-order valence-corrected chi connectivity index (χ0v) is 21.6. The van der Waals surface area contributed by atoms with Crippen molar-refractivity contribution in [2.75, 3.05) is 23.5 Å². The van der Waals surface area contributed by atoms with Gasteiger partial charge < -0.3 is 25.8 Å². The maximum Gasteiger partial charge on any atom is 0.254 e. The average Bonchev–Trinajstić information content (AvgIpc) is 3.40. The van der Waals surface area contributed by atoms with E-state index in [9.17, 15) is 20.0 Å². The number of amides is 2. The summed E-state index contributed by atoms with van der Waals surface area (Å²) in [5.41, 5.74) is 2.33. The van der Waals surface area contributed by atoms with Crippen LogP contribution in [0.15, 0.2) is 82.0 Å². The van der Waals surface area contributed by atoms with Crippen molar-refractivity contribution in [3.8, 4) is 17.6 Å². The number of dihydropyridines is 1. The molecule has 2 heterocycles. The van der Waals surface area contributed by atoms with E-state index < -0.39 is 5.92 Å². The molecule has 4 rings (SSSR count). The molecular formula is C26H23N5O4S2. The first-order valence-electron chi connectivity index (χ1n) is 11.1. The van der Waals surface area contributed by atoms with E-state index >= 15 is 0 Å². The molecule has 2 amide bonds. The van der Waals surface area contributed by atoms with Crippen molar-refractivity contribution < 1.29 is 19.4 Å². The predicted octanol–water partition coefficient (Wildman–Crippen LogP) is 4.56. The summed E-state index contributed by atoms with van der Waals surface area (Å²) in [4.78, 5) is 30.0. The Hall–Kier alpha value is -4.27. The Bertz CT molecular complexity index is 1410. The maximum absolute atomic E-state index is 13.5. The van der Waals surface area contributed by atoms with Crippen LogP contribution < -0.4 is 20.7 Å². The summed E-state index contributed by atoms with van der Waals surface area (Å²) in [6, 6.07) is 15.9. The number of hydrogen-bond donors (Lipinski definition) is 4. The van der Waals surface area contributed by atoms with Crippen molar-refractivity contribution in [1.29, 1.82) is 5.26 Å². The van der Waals surface area contributed by atoms with Crippen LogP contribution in [0.3, 0.4) is 0 Å². The Balaban J connectivity index is 1.69. The Kier molecular flexibility index (Phi) is 8.12. The number of nitrogens with zero attached hydrogens (tertiary/aromatic N) is 2. The molecule has 188 valence electrons. The molecule has 3 aromatic rings. The Morgan fingerprint density at radius 1 is 1.24 bits per heavy atom. The number of rotatable bonds is 8. The van der Waals surface area contributed by atoms with Gasteiger partial charge in [-0.15, -0.1) is 11.3 Å². The number of anilines is 2. The van der Waals surface area contributed by atoms with E-state index in [1.54, 1.807) is 42.8 Å². The second-order valence-electron chi connectivity index (χ2n) is 7.88. The third kappa shape index (κ3) is 5.94. The number of thiazole rings is 1. The van der Waals surface area contributed by atoms with E-state index in [4.69, 9.17) is 4.74 Å². The monoisotopic (exact) mass is 533 g/mol. The number of carbonyl (C=O) groups excluding carboxylic acids is 2. The number of carbonyl (C=O) groups is 2. The first-order chi connectivity index (χ1) is 17.9. The van der Waals surface area contributed by atoms with Gasteiger partial charge in [-0.3, -0.25) is 9.59 Å². The highest BCUT2D eigenvalue weighted by Gasteiger charge is 2.35. The summed E-state index contributed by atoms with van der Waals surface area (Å²) in [7, 11) is 1.43. The van der Waals surface area contributed by atoms with Crippen LogP contribution in [-0.2, 0) is 9.59 Å². The van der Waals surface area contributed by atoms with Gasteiger partial charge in [-0.25, -0.2) is 4.98 Å². The predicted molar refractivity (Wildman–Crippen MR) is 144 cm³/mol. The number of allylic oxidation sites excluding steroid dienone is 2. The lowest BCUT2D eigenvalue weighted by Gasteiger charge is -2.30. The smallest absolute Gasteiger partial charge is 0.254 e. The fourth-order valence-electron chi connectivity index (χ4n) is 3.83. The third-order valence-electron chi connectivity index (χ3n) is 5.49. The molecule has 0 aliphatic carbocycles. The number of phenols is 1. The van der Waals surface area contributed by atoms with Gasteiger partial charge in [0, 0.05) is 28.5 Å². The molecule has 37 heavy (non-hydrogen) atoms. The van der Waals surface area contributed by atoms with E-state index in [1.807, 2.05) is 18.2 Å². The van der Waals surface area contributed by atoms with E-state index in [0.717, 1.165) is 11.8 Å². The zero-order valence-electron chi connectivity index (χ0n) is 19.9. The SMILES string of the molecule is COc1cc([C@H]2C(C#N)=C(SCC(=O)Nc3nccs3)NC(C)=C2C(=O)Nc2ccccc2)ccc1O. The number of nitrogens with one attached hydrogen (secondary N) is 3. The molecule has 0 bridgehead atoms. The van der Waals surface area contributed by atoms with Crippen LogP contribution in [-0.4, -0.2) is 34.8 Å². The first-order valence-corrected chi connectivity index (χ1v) is 12.9. The molecule has 2 aromatic carbocycles. The maximum atomic E-state index is 13.5. The van der Waals surface area contributed by atoms with Crippen LogP contribution >= 0.6 is 23.1 Å². The van der Waals surface area contributed by atoms with Gasteiger partial charge in [0.05, 0.1) is 35.5 Å². The van der Waals surface area contributed by atoms with Gasteiger partial charge in [-0.2, -0.15) is 5.26 Å². The second kappa shape index (κ2) is 11.6. The molecule has 1 aliphatic rings. The largest absolute Gasteiger partial charge is 0.504 e. The van der Waals surface area contributed by atoms with Gasteiger partial charge in [0.1, 0.15) is 0 Å². The van der Waals surface area contributed by atoms with E-state index in [2.05, 4.69) is 27.0 Å². The number of aromatic hydroxyl groups is 1. The normalized spacial score (nSPS) is 15.0. The molecule has 0 saturated carbocycles. The molecule has 9 nitrogen and oxygen atoms in total. The molecule has 11 heteroatoms. The van der Waals surface area contributed by atoms with Crippen molar-refractivity contribution >= 4 is 45.7 Å². The highest BCUT2D eigenvalue weighted by Crippen LogP contribution is 2.43. The molecule has 0 unspecified atom stereocenters. The number of aromatic nitrogens is 1. The van der Waals surface area contributed by atoms with Crippen LogP contribution in [0, 0.1) is 11.3 Å². The van der Waals surface area contributed by atoms with E-state index in [0.29, 0.717) is 32.7 Å². The average molecular weight is 534 g/mol. The lowest BCUT2D eigenvalue weighted by molar-refractivity contribution is -0.114. The standard InChI is InChI=1S/C26H23N5O4S2/c1-15-22(24(34)30-17-6-4-3-5-7-17)23(16-8-9-19(32)20(12-16)35-2)18(13-27)25(29-15)37-14-21(33)31-26-28-10-11-36-26/h3-12,23,29,32H,14H2,1-2H3,(H,30,34)(H,28,31,33)/t23-/m0/s1. The molecule has 1 atom stereocenters. The van der Waals surface area contributed by atoms with Crippen LogP contribution in [0.5, 0.6) is 11.5 Å². The van der Waals surface area contributed by atoms with Gasteiger partial charge in [0.25, 0.3) is 5.91 Å². The lowest BCUT2D eigenvalue weighted by atomic mass is 9.82. The van der Waals surface area contributed by atoms with E-state index in [1.165, 1.54) is 24.5 Å². The van der Waals surface area contributed by atoms with Crippen LogP contribution in [0.2, 0.25) is 0 Å². The minimum atomic E-state index is -0.769. The Labute approximate surface area is 221 Å². The zero-order chi connectivity index (χ0) is 26.4. The second-order valence-corrected chi connectivity index (χ2v) is 9.76. The third-order valence-corrected chi connectivity index (χ3v) is 7.19. The topological polar surface area (TPSA) is 136 Å². The lowest BCUT2D eigenvalue weighted by Crippen LogP contribution is -2.31. The Morgan fingerprint density at radius 3 is 2.70 bits per heavy atom. The summed E-state index contributed by atoms with van der Waals surface area (Å²) in [5.74, 6) is -1.25. The number of thioether (sulfide) groups is 1. The number of nitriles is 1. The van der Waals surface area contributed by atoms with Gasteiger partial charge in [-0.1, -0.05) is 36.0 Å². The number of hydrogen-bond acceptors (Lipinski definition) is 9. The summed E-state index contributed by atoms with van der Waals surface area (Å²) < 4.78 is 5.28. The van der Waals surface area contributed by atoms with E-state index in [-0.39, 0.29) is 34.6 Å². The van der Waals surface area contributed by atoms with Crippen molar-refractivity contribution in [2.45, 2.75) is 12.8 Å². The van der Waals surface area contributed by atoms with Crippen molar-refractivity contribution in [3.05, 3.63) is 87.5 Å². The molecule has 1 aromatic heterocycles. The molecular weight excluding hydrogens is 510 g/mol. The van der Waals surface area contributed by atoms with Crippen molar-refractivity contribution in [1.82, 2.24) is 10.3 Å². The number of ether oxygens (including phenoxy) is 1. The Morgan fingerprint density at radius 2 is 2.03 bits per heavy atom. The number of methoxy groups -OCH3 is 1. The first kappa shape index (κ1) is 25.8. The molecule has 0 saturated heterocycles. The highest BCUT2D eigenvalue weighted by molar-refractivity contribution is 8.03. The number of phenolic OH excluding ortho intramolecular Hbond substituents is 1.